The predicted molar refractivity (Wildman–Crippen MR) is 112 cm³/mol. The molecule has 1 saturated heterocycles. The number of rotatable bonds is 7. The molecule has 178 valence electrons. The molecule has 1 aromatic rings. The number of nitrogens with zero attached hydrogens (tertiary/aromatic N) is 2. The van der Waals surface area contributed by atoms with Gasteiger partial charge in [0, 0.05) is 26.2 Å². The van der Waals surface area contributed by atoms with E-state index < -0.39 is 60.1 Å². The molecule has 0 radical (unpaired) electrons. The fraction of sp³-hybridized carbons (Fsp3) is 0.789. The van der Waals surface area contributed by atoms with E-state index in [9.17, 15) is 34.4 Å². The second-order valence-corrected chi connectivity index (χ2v) is 11.2. The molecule has 0 amide bonds. The van der Waals surface area contributed by atoms with Gasteiger partial charge in [0.05, 0.1) is 17.3 Å². The number of aliphatic hydroxyl groups excluding tert-OH is 2. The molecule has 31 heavy (non-hydrogen) atoms. The highest BCUT2D eigenvalue weighted by Crippen LogP contribution is 2.58. The molecule has 0 bridgehead atoms. The van der Waals surface area contributed by atoms with E-state index in [2.05, 4.69) is 0 Å². The van der Waals surface area contributed by atoms with Gasteiger partial charge in [0.2, 0.25) is 0 Å². The first kappa shape index (κ1) is 25.9. The van der Waals surface area contributed by atoms with E-state index >= 15 is 0 Å². The van der Waals surface area contributed by atoms with Gasteiger partial charge in [-0.25, -0.2) is 4.79 Å². The molecule has 1 fully saturated rings. The van der Waals surface area contributed by atoms with Crippen LogP contribution in [0.3, 0.4) is 0 Å². The van der Waals surface area contributed by atoms with E-state index in [4.69, 9.17) is 9.26 Å². The van der Waals surface area contributed by atoms with Crippen LogP contribution in [-0.4, -0.2) is 58.6 Å². The quantitative estimate of drug-likeness (QED) is 0.407. The average Bonchev–Trinajstić information content (AvgIpc) is 2.96. The SMILES string of the molecule is CCC(C)(OP(=O)(O)C(C)(C)O)C(C)C1OC(c2cn(C)c(=O)n(C)c2=O)C(O)C1O. The molecule has 2 rings (SSSR count). The van der Waals surface area contributed by atoms with Crippen molar-refractivity contribution >= 4 is 7.60 Å². The Morgan fingerprint density at radius 2 is 1.77 bits per heavy atom. The number of aryl methyl sites for hydroxylation is 1. The maximum absolute atomic E-state index is 12.6. The van der Waals surface area contributed by atoms with Crippen LogP contribution >= 0.6 is 7.60 Å². The summed E-state index contributed by atoms with van der Waals surface area (Å²) in [6.07, 6.45) is -3.71. The first-order valence-corrected chi connectivity index (χ1v) is 11.6. The highest BCUT2D eigenvalue weighted by atomic mass is 31.2. The van der Waals surface area contributed by atoms with E-state index in [1.165, 1.54) is 24.9 Å². The summed E-state index contributed by atoms with van der Waals surface area (Å²) in [7, 11) is -1.74. The molecule has 11 nitrogen and oxygen atoms in total. The Morgan fingerprint density at radius 3 is 2.26 bits per heavy atom. The molecule has 0 saturated carbocycles. The predicted octanol–water partition coefficient (Wildman–Crippen LogP) is -0.0191. The summed E-state index contributed by atoms with van der Waals surface area (Å²) in [6.45, 7) is 7.19. The maximum atomic E-state index is 12.6. The first-order chi connectivity index (χ1) is 14.0. The van der Waals surface area contributed by atoms with Crippen LogP contribution in [0.5, 0.6) is 0 Å². The molecule has 0 spiro atoms. The summed E-state index contributed by atoms with van der Waals surface area (Å²) in [5.41, 5.74) is -2.54. The fourth-order valence-electron chi connectivity index (χ4n) is 3.62. The molecule has 0 aromatic carbocycles. The molecular weight excluding hydrogens is 431 g/mol. The topological polar surface area (TPSA) is 160 Å². The monoisotopic (exact) mass is 464 g/mol. The van der Waals surface area contributed by atoms with E-state index in [-0.39, 0.29) is 12.0 Å². The summed E-state index contributed by atoms with van der Waals surface area (Å²) in [4.78, 5) is 34.7. The van der Waals surface area contributed by atoms with Crippen molar-refractivity contribution in [2.45, 2.75) is 76.4 Å². The van der Waals surface area contributed by atoms with E-state index in [0.717, 1.165) is 18.4 Å². The lowest BCUT2D eigenvalue weighted by Crippen LogP contribution is -2.47. The van der Waals surface area contributed by atoms with Gasteiger partial charge < -0.3 is 29.5 Å². The lowest BCUT2D eigenvalue weighted by molar-refractivity contribution is -0.0949. The molecule has 1 aromatic heterocycles. The Labute approximate surface area is 180 Å². The van der Waals surface area contributed by atoms with E-state index in [1.54, 1.807) is 20.8 Å². The smallest absolute Gasteiger partial charge is 0.359 e. The van der Waals surface area contributed by atoms with E-state index in [1.807, 2.05) is 0 Å². The minimum Gasteiger partial charge on any atom is -0.388 e. The highest BCUT2D eigenvalue weighted by molar-refractivity contribution is 7.54. The molecule has 12 heteroatoms. The van der Waals surface area contributed by atoms with Gasteiger partial charge in [-0.2, -0.15) is 0 Å². The van der Waals surface area contributed by atoms with Crippen molar-refractivity contribution in [3.05, 3.63) is 32.6 Å². The van der Waals surface area contributed by atoms with Crippen molar-refractivity contribution in [1.82, 2.24) is 9.13 Å². The second-order valence-electron chi connectivity index (χ2n) is 8.91. The van der Waals surface area contributed by atoms with Gasteiger partial charge in [-0.15, -0.1) is 0 Å². The minimum absolute atomic E-state index is 0.00529. The Kier molecular flexibility index (Phi) is 7.15. The molecule has 7 unspecified atom stereocenters. The average molecular weight is 464 g/mol. The van der Waals surface area contributed by atoms with Crippen molar-refractivity contribution in [1.29, 1.82) is 0 Å². The van der Waals surface area contributed by atoms with Crippen LogP contribution in [0.25, 0.3) is 0 Å². The van der Waals surface area contributed by atoms with Gasteiger partial charge in [0.25, 0.3) is 5.56 Å². The lowest BCUT2D eigenvalue weighted by atomic mass is 9.82. The van der Waals surface area contributed by atoms with Crippen LogP contribution in [0.15, 0.2) is 15.8 Å². The van der Waals surface area contributed by atoms with Gasteiger partial charge in [0.1, 0.15) is 18.3 Å². The van der Waals surface area contributed by atoms with Crippen molar-refractivity contribution in [3.63, 3.8) is 0 Å². The van der Waals surface area contributed by atoms with Crippen LogP contribution in [0.2, 0.25) is 0 Å². The summed E-state index contributed by atoms with van der Waals surface area (Å²) < 4.78 is 26.0. The molecule has 1 aliphatic rings. The first-order valence-electron chi connectivity index (χ1n) is 10.0. The van der Waals surface area contributed by atoms with Crippen LogP contribution < -0.4 is 11.2 Å². The fourth-order valence-corrected chi connectivity index (χ4v) is 4.70. The number of aliphatic hydroxyl groups is 3. The number of hydrogen-bond donors (Lipinski definition) is 4. The molecule has 1 aliphatic heterocycles. The normalized spacial score (nSPS) is 29.4. The minimum atomic E-state index is -4.48. The van der Waals surface area contributed by atoms with Crippen molar-refractivity contribution in [2.75, 3.05) is 0 Å². The third-order valence-electron chi connectivity index (χ3n) is 6.26. The zero-order valence-electron chi connectivity index (χ0n) is 18.8. The number of ether oxygens (including phenoxy) is 1. The van der Waals surface area contributed by atoms with Crippen LogP contribution in [0.4, 0.5) is 0 Å². The molecule has 7 atom stereocenters. The van der Waals surface area contributed by atoms with Crippen molar-refractivity contribution in [3.8, 4) is 0 Å². The Morgan fingerprint density at radius 1 is 1.23 bits per heavy atom. The Hall–Kier alpha value is -1.33. The Balaban J connectivity index is 2.41. The van der Waals surface area contributed by atoms with Crippen LogP contribution in [0.1, 0.15) is 52.7 Å². The Bertz CT molecular complexity index is 982. The van der Waals surface area contributed by atoms with Crippen LogP contribution in [-0.2, 0) is 27.9 Å². The standard InChI is InChI=1S/C19H33N2O9P/c1-8-19(5,30-31(27,28)18(3,4)26)10(2)14-12(22)13(23)15(29-14)11-9-20(6)17(25)21(7)16(11)24/h9-10,12-15,22-23,26H,8H2,1-7H3,(H,27,28). The lowest BCUT2D eigenvalue weighted by Gasteiger charge is -2.41. The third-order valence-corrected chi connectivity index (χ3v) is 8.31. The molecule has 4 N–H and O–H groups in total. The van der Waals surface area contributed by atoms with Crippen molar-refractivity contribution < 1.29 is 34.0 Å². The summed E-state index contributed by atoms with van der Waals surface area (Å²) in [5.74, 6) is -0.730. The summed E-state index contributed by atoms with van der Waals surface area (Å²) in [5, 5.41) is 29.3. The van der Waals surface area contributed by atoms with Crippen LogP contribution in [0, 0.1) is 5.92 Å². The zero-order valence-corrected chi connectivity index (χ0v) is 19.7. The summed E-state index contributed by atoms with van der Waals surface area (Å²) in [6, 6.07) is 0. The number of aromatic nitrogens is 2. The maximum Gasteiger partial charge on any atom is 0.359 e. The summed E-state index contributed by atoms with van der Waals surface area (Å²) >= 11 is 0. The zero-order chi connectivity index (χ0) is 24.1. The number of hydrogen-bond acceptors (Lipinski definition) is 8. The van der Waals surface area contributed by atoms with Gasteiger partial charge in [-0.1, -0.05) is 13.8 Å². The van der Waals surface area contributed by atoms with Gasteiger partial charge in [-0.3, -0.25) is 18.5 Å². The highest BCUT2D eigenvalue weighted by Gasteiger charge is 2.53. The van der Waals surface area contributed by atoms with Crippen molar-refractivity contribution in [2.24, 2.45) is 20.0 Å². The molecule has 0 aliphatic carbocycles. The molecule has 2 heterocycles. The van der Waals surface area contributed by atoms with Gasteiger partial charge in [0.15, 0.2) is 5.34 Å². The largest absolute Gasteiger partial charge is 0.388 e. The molecular formula is C19H33N2O9P. The van der Waals surface area contributed by atoms with E-state index in [0.29, 0.717) is 0 Å². The van der Waals surface area contributed by atoms with Gasteiger partial charge in [-0.05, 0) is 27.2 Å². The van der Waals surface area contributed by atoms with Gasteiger partial charge >= 0.3 is 13.3 Å². The second kappa shape index (κ2) is 8.55. The third kappa shape index (κ3) is 4.59.